The van der Waals surface area contributed by atoms with Crippen LogP contribution >= 0.6 is 0 Å². The normalized spacial score (nSPS) is 13.0. The molecule has 48 heavy (non-hydrogen) atoms. The fraction of sp³-hybridized carbons (Fsp3) is 0.364. The fourth-order valence-electron chi connectivity index (χ4n) is 4.80. The van der Waals surface area contributed by atoms with Crippen LogP contribution in [0.1, 0.15) is 65.8 Å². The summed E-state index contributed by atoms with van der Waals surface area (Å²) in [6.07, 6.45) is 4.01. The lowest BCUT2D eigenvalue weighted by molar-refractivity contribution is -0.0218. The lowest BCUT2D eigenvalue weighted by Gasteiger charge is -2.26. The lowest BCUT2D eigenvalue weighted by atomic mass is 10.0. The van der Waals surface area contributed by atoms with Gasteiger partial charge in [0.25, 0.3) is 11.9 Å². The molecule has 0 radical (unpaired) electrons. The molecule has 12 nitrogen and oxygen atoms in total. The van der Waals surface area contributed by atoms with Crippen molar-refractivity contribution in [1.29, 1.82) is 0 Å². The van der Waals surface area contributed by atoms with Crippen molar-refractivity contribution in [3.05, 3.63) is 78.3 Å². The molecule has 0 aliphatic rings. The van der Waals surface area contributed by atoms with E-state index in [1.807, 2.05) is 0 Å². The number of fused-ring (bicyclic) bond motifs is 1. The SMILES string of the molecule is Cc1nn(C(c2ccc(F)cc2)C(C)(F)F)cc1-c1cncc(-c2ccn3nc(N(C(=O)OC(C)(C)C)C(=O)OC(C)(C)C)nc3c2)n1. The van der Waals surface area contributed by atoms with Crippen molar-refractivity contribution in [2.75, 3.05) is 4.90 Å². The van der Waals surface area contributed by atoms with Crippen molar-refractivity contribution in [2.45, 2.75) is 78.6 Å². The van der Waals surface area contributed by atoms with Crippen molar-refractivity contribution < 1.29 is 32.2 Å². The highest BCUT2D eigenvalue weighted by molar-refractivity contribution is 6.08. The van der Waals surface area contributed by atoms with Crippen LogP contribution in [0, 0.1) is 12.7 Å². The van der Waals surface area contributed by atoms with E-state index >= 15 is 0 Å². The number of anilines is 1. The van der Waals surface area contributed by atoms with Crippen LogP contribution in [0.4, 0.5) is 28.7 Å². The number of hydrogen-bond acceptors (Lipinski definition) is 9. The number of carbonyl (C=O) groups is 2. The molecule has 0 saturated carbocycles. The second-order valence-corrected chi connectivity index (χ2v) is 13.2. The summed E-state index contributed by atoms with van der Waals surface area (Å²) >= 11 is 0. The first-order valence-corrected chi connectivity index (χ1v) is 14.9. The number of halogens is 3. The third-order valence-corrected chi connectivity index (χ3v) is 6.73. The number of pyridine rings is 1. The number of benzene rings is 1. The maximum atomic E-state index is 14.9. The number of carbonyl (C=O) groups excluding carboxylic acids is 2. The van der Waals surface area contributed by atoms with Gasteiger partial charge in [0.1, 0.15) is 23.1 Å². The molecule has 0 aliphatic carbocycles. The third-order valence-electron chi connectivity index (χ3n) is 6.73. The predicted octanol–water partition coefficient (Wildman–Crippen LogP) is 7.42. The number of alkyl halides is 2. The Bertz CT molecular complexity index is 1940. The predicted molar refractivity (Wildman–Crippen MR) is 170 cm³/mol. The minimum absolute atomic E-state index is 0.190. The van der Waals surface area contributed by atoms with Gasteiger partial charge in [-0.05, 0) is 78.3 Å². The second-order valence-electron chi connectivity index (χ2n) is 13.2. The van der Waals surface area contributed by atoms with Gasteiger partial charge in [0.05, 0.1) is 29.5 Å². The Morgan fingerprint density at radius 2 is 1.46 bits per heavy atom. The van der Waals surface area contributed by atoms with Crippen molar-refractivity contribution in [1.82, 2.24) is 34.3 Å². The molecule has 1 aromatic carbocycles. The molecule has 2 amide bonds. The topological polar surface area (TPSA) is 130 Å². The van der Waals surface area contributed by atoms with Gasteiger partial charge in [-0.2, -0.15) is 10.1 Å². The van der Waals surface area contributed by atoms with Gasteiger partial charge in [-0.1, -0.05) is 12.1 Å². The molecule has 4 heterocycles. The van der Waals surface area contributed by atoms with E-state index in [-0.39, 0.29) is 17.2 Å². The van der Waals surface area contributed by atoms with Crippen LogP contribution in [0.15, 0.2) is 61.2 Å². The van der Waals surface area contributed by atoms with E-state index in [4.69, 9.17) is 14.5 Å². The van der Waals surface area contributed by atoms with E-state index in [2.05, 4.69) is 20.2 Å². The molecular weight excluding hydrogens is 629 g/mol. The van der Waals surface area contributed by atoms with Crippen LogP contribution in [-0.4, -0.2) is 63.7 Å². The number of aryl methyl sites for hydroxylation is 1. The summed E-state index contributed by atoms with van der Waals surface area (Å²) in [7, 11) is 0. The summed E-state index contributed by atoms with van der Waals surface area (Å²) in [5.41, 5.74) is 0.875. The molecule has 252 valence electrons. The van der Waals surface area contributed by atoms with Crippen molar-refractivity contribution >= 4 is 23.8 Å². The number of nitrogens with zero attached hydrogens (tertiary/aromatic N) is 8. The van der Waals surface area contributed by atoms with Gasteiger partial charge in [-0.3, -0.25) is 9.67 Å². The van der Waals surface area contributed by atoms with Crippen molar-refractivity contribution in [3.8, 4) is 22.5 Å². The molecular formula is C33H35F3N8O4. The summed E-state index contributed by atoms with van der Waals surface area (Å²) in [4.78, 5) is 40.2. The molecule has 0 spiro atoms. The Hall–Kier alpha value is -5.34. The first kappa shape index (κ1) is 34.0. The Kier molecular flexibility index (Phi) is 8.75. The summed E-state index contributed by atoms with van der Waals surface area (Å²) < 4.78 is 56.6. The number of aromatic nitrogens is 7. The molecule has 0 fully saturated rings. The van der Waals surface area contributed by atoms with Crippen LogP contribution in [0.5, 0.6) is 0 Å². The number of amides is 2. The number of hydrogen-bond donors (Lipinski definition) is 0. The first-order valence-electron chi connectivity index (χ1n) is 14.9. The molecule has 0 saturated heterocycles. The maximum Gasteiger partial charge on any atom is 0.427 e. The van der Waals surface area contributed by atoms with Crippen molar-refractivity contribution in [2.24, 2.45) is 0 Å². The maximum absolute atomic E-state index is 14.9. The largest absolute Gasteiger partial charge is 0.443 e. The summed E-state index contributed by atoms with van der Waals surface area (Å²) in [6, 6.07) is 6.69. The molecule has 4 aromatic heterocycles. The van der Waals surface area contributed by atoms with Gasteiger partial charge >= 0.3 is 12.2 Å². The van der Waals surface area contributed by atoms with Gasteiger partial charge in [0, 0.05) is 30.4 Å². The average molecular weight is 665 g/mol. The minimum atomic E-state index is -3.23. The van der Waals surface area contributed by atoms with Gasteiger partial charge in [-0.15, -0.1) is 10.00 Å². The number of ether oxygens (including phenoxy) is 2. The Morgan fingerprint density at radius 3 is 2.04 bits per heavy atom. The zero-order valence-corrected chi connectivity index (χ0v) is 27.7. The minimum Gasteiger partial charge on any atom is -0.443 e. The smallest absolute Gasteiger partial charge is 0.427 e. The molecule has 0 bridgehead atoms. The van der Waals surface area contributed by atoms with E-state index in [0.29, 0.717) is 33.1 Å². The summed E-state index contributed by atoms with van der Waals surface area (Å²) in [5.74, 6) is -4.02. The summed E-state index contributed by atoms with van der Waals surface area (Å²) in [6.45, 7) is 12.4. The highest BCUT2D eigenvalue weighted by Crippen LogP contribution is 2.36. The fourth-order valence-corrected chi connectivity index (χ4v) is 4.80. The Labute approximate surface area is 274 Å². The van der Waals surface area contributed by atoms with Gasteiger partial charge < -0.3 is 9.47 Å². The van der Waals surface area contributed by atoms with Gasteiger partial charge in [0.15, 0.2) is 5.65 Å². The highest BCUT2D eigenvalue weighted by Gasteiger charge is 2.38. The van der Waals surface area contributed by atoms with Gasteiger partial charge in [0.2, 0.25) is 0 Å². The second kappa shape index (κ2) is 12.4. The number of rotatable bonds is 6. The highest BCUT2D eigenvalue weighted by atomic mass is 19.3. The standard InChI is InChI=1S/C33H35F3N8O4/c1-19-23(18-43(40-19)27(33(8,35)36)20-9-11-22(34)12-10-20)25-17-37-16-24(38-25)21-13-14-42-26(15-21)39-28(41-42)44(29(45)47-31(2,3)4)30(46)48-32(5,6)7/h9-18,27H,1-8H3. The first-order chi connectivity index (χ1) is 22.3. The Morgan fingerprint density at radius 1 is 0.854 bits per heavy atom. The van der Waals surface area contributed by atoms with Crippen LogP contribution < -0.4 is 4.90 Å². The molecule has 5 aromatic rings. The Balaban J connectivity index is 1.49. The van der Waals surface area contributed by atoms with Gasteiger partial charge in [-0.25, -0.2) is 32.3 Å². The quantitative estimate of drug-likeness (QED) is 0.182. The van der Waals surface area contributed by atoms with Crippen LogP contribution in [0.25, 0.3) is 28.2 Å². The van der Waals surface area contributed by atoms with Crippen molar-refractivity contribution in [3.63, 3.8) is 0 Å². The zero-order valence-electron chi connectivity index (χ0n) is 27.7. The lowest BCUT2D eigenvalue weighted by Crippen LogP contribution is -2.44. The molecule has 0 N–H and O–H groups in total. The third kappa shape index (κ3) is 7.61. The van der Waals surface area contributed by atoms with Crippen LogP contribution in [-0.2, 0) is 9.47 Å². The molecule has 0 aliphatic heterocycles. The van der Waals surface area contributed by atoms with Crippen LogP contribution in [0.3, 0.4) is 0 Å². The number of imide groups is 1. The average Bonchev–Trinajstić information content (AvgIpc) is 3.54. The van der Waals surface area contributed by atoms with E-state index in [1.165, 1.54) is 35.2 Å². The molecule has 15 heteroatoms. The monoisotopic (exact) mass is 664 g/mol. The molecule has 5 rings (SSSR count). The van der Waals surface area contributed by atoms with E-state index in [0.717, 1.165) is 23.7 Å². The van der Waals surface area contributed by atoms with E-state index in [1.54, 1.807) is 66.8 Å². The molecule has 1 unspecified atom stereocenters. The van der Waals surface area contributed by atoms with Crippen LogP contribution in [0.2, 0.25) is 0 Å². The summed E-state index contributed by atoms with van der Waals surface area (Å²) in [5, 5.41) is 8.66. The van der Waals surface area contributed by atoms with E-state index in [9.17, 15) is 22.8 Å². The molecule has 1 atom stereocenters. The zero-order chi connectivity index (χ0) is 35.2. The van der Waals surface area contributed by atoms with E-state index < -0.39 is 41.2 Å².